The molecular formula is C30H35FN2O4. The minimum atomic E-state index is -0.729. The smallest absolute Gasteiger partial charge is 0.243 e. The number of ether oxygens (including phenoxy) is 2. The van der Waals surface area contributed by atoms with Crippen LogP contribution in [0.4, 0.5) is 4.39 Å². The van der Waals surface area contributed by atoms with Gasteiger partial charge in [0.1, 0.15) is 11.9 Å². The second-order valence-electron chi connectivity index (χ2n) is 9.18. The lowest BCUT2D eigenvalue weighted by atomic mass is 10.0. The molecule has 3 aromatic rings. The fourth-order valence-electron chi connectivity index (χ4n) is 4.13. The molecular weight excluding hydrogens is 471 g/mol. The van der Waals surface area contributed by atoms with Crippen molar-refractivity contribution in [2.75, 3.05) is 20.8 Å². The van der Waals surface area contributed by atoms with Crippen molar-refractivity contribution in [3.05, 3.63) is 95.3 Å². The van der Waals surface area contributed by atoms with E-state index >= 15 is 0 Å². The van der Waals surface area contributed by atoms with E-state index in [-0.39, 0.29) is 30.1 Å². The molecule has 0 fully saturated rings. The van der Waals surface area contributed by atoms with E-state index < -0.39 is 6.04 Å². The highest BCUT2D eigenvalue weighted by Crippen LogP contribution is 2.27. The molecule has 0 aliphatic rings. The van der Waals surface area contributed by atoms with Crippen LogP contribution in [0.25, 0.3) is 0 Å². The van der Waals surface area contributed by atoms with Crippen LogP contribution in [0.15, 0.2) is 72.8 Å². The Morgan fingerprint density at radius 2 is 1.51 bits per heavy atom. The summed E-state index contributed by atoms with van der Waals surface area (Å²) in [6, 6.07) is 20.6. The van der Waals surface area contributed by atoms with Crippen molar-refractivity contribution in [3.8, 4) is 11.5 Å². The summed E-state index contributed by atoms with van der Waals surface area (Å²) in [5.74, 6) is 0.237. The third-order valence-electron chi connectivity index (χ3n) is 6.15. The Morgan fingerprint density at radius 3 is 2.14 bits per heavy atom. The largest absolute Gasteiger partial charge is 0.493 e. The van der Waals surface area contributed by atoms with Gasteiger partial charge in [-0.05, 0) is 47.4 Å². The molecule has 3 rings (SSSR count). The minimum absolute atomic E-state index is 0.139. The van der Waals surface area contributed by atoms with Gasteiger partial charge >= 0.3 is 0 Å². The Labute approximate surface area is 218 Å². The zero-order valence-corrected chi connectivity index (χ0v) is 21.9. The van der Waals surface area contributed by atoms with Crippen molar-refractivity contribution >= 4 is 11.8 Å². The van der Waals surface area contributed by atoms with Gasteiger partial charge < -0.3 is 19.7 Å². The van der Waals surface area contributed by atoms with Gasteiger partial charge in [-0.1, -0.05) is 62.4 Å². The second kappa shape index (κ2) is 13.4. The molecule has 0 heterocycles. The Kier molecular flexibility index (Phi) is 10.1. The summed E-state index contributed by atoms with van der Waals surface area (Å²) < 4.78 is 24.2. The van der Waals surface area contributed by atoms with E-state index in [9.17, 15) is 14.0 Å². The standard InChI is InChI=1S/C30H35FN2O4/c1-21(2)30(35)33(20-24-10-13-25(31)14-11-24)26(18-22-8-6-5-7-9-22)29(34)32-17-16-23-12-15-27(36-3)28(19-23)37-4/h5-15,19,21,26H,16-18,20H2,1-4H3,(H,32,34). The number of carbonyl (C=O) groups excluding carboxylic acids is 2. The lowest BCUT2D eigenvalue weighted by molar-refractivity contribution is -0.143. The van der Waals surface area contributed by atoms with Gasteiger partial charge in [-0.3, -0.25) is 9.59 Å². The molecule has 0 saturated carbocycles. The monoisotopic (exact) mass is 506 g/mol. The minimum Gasteiger partial charge on any atom is -0.493 e. The van der Waals surface area contributed by atoms with Crippen molar-refractivity contribution < 1.29 is 23.5 Å². The zero-order valence-electron chi connectivity index (χ0n) is 21.9. The van der Waals surface area contributed by atoms with Gasteiger partial charge in [0.2, 0.25) is 11.8 Å². The Balaban J connectivity index is 1.81. The molecule has 6 nitrogen and oxygen atoms in total. The van der Waals surface area contributed by atoms with Crippen molar-refractivity contribution in [1.29, 1.82) is 0 Å². The van der Waals surface area contributed by atoms with Gasteiger partial charge in [-0.2, -0.15) is 0 Å². The first kappa shape index (κ1) is 27.7. The number of nitrogens with zero attached hydrogens (tertiary/aromatic N) is 1. The fourth-order valence-corrected chi connectivity index (χ4v) is 4.13. The Morgan fingerprint density at radius 1 is 0.865 bits per heavy atom. The number of benzene rings is 3. The second-order valence-corrected chi connectivity index (χ2v) is 9.18. The first-order chi connectivity index (χ1) is 17.8. The van der Waals surface area contributed by atoms with Crippen molar-refractivity contribution in [2.45, 2.75) is 39.3 Å². The molecule has 0 saturated heterocycles. The number of carbonyl (C=O) groups is 2. The number of halogens is 1. The van der Waals surface area contributed by atoms with Gasteiger partial charge in [0.25, 0.3) is 0 Å². The molecule has 0 bridgehead atoms. The van der Waals surface area contributed by atoms with Gasteiger partial charge in [-0.15, -0.1) is 0 Å². The quantitative estimate of drug-likeness (QED) is 0.383. The first-order valence-corrected chi connectivity index (χ1v) is 12.4. The average Bonchev–Trinajstić information content (AvgIpc) is 2.91. The molecule has 196 valence electrons. The highest BCUT2D eigenvalue weighted by Gasteiger charge is 2.31. The van der Waals surface area contributed by atoms with Crippen LogP contribution in [0, 0.1) is 11.7 Å². The average molecular weight is 507 g/mol. The Hall–Kier alpha value is -3.87. The lowest BCUT2D eigenvalue weighted by Crippen LogP contribution is -2.51. The molecule has 0 spiro atoms. The summed E-state index contributed by atoms with van der Waals surface area (Å²) in [5, 5.41) is 3.02. The number of hydrogen-bond acceptors (Lipinski definition) is 4. The molecule has 0 aromatic heterocycles. The van der Waals surface area contributed by atoms with Crippen molar-refractivity contribution in [1.82, 2.24) is 10.2 Å². The Bertz CT molecular complexity index is 1170. The van der Waals surface area contributed by atoms with Crippen LogP contribution in [0.3, 0.4) is 0 Å². The maximum atomic E-state index is 13.6. The van der Waals surface area contributed by atoms with E-state index in [1.165, 1.54) is 12.1 Å². The van der Waals surface area contributed by atoms with Crippen molar-refractivity contribution in [3.63, 3.8) is 0 Å². The number of hydrogen-bond donors (Lipinski definition) is 1. The third-order valence-corrected chi connectivity index (χ3v) is 6.15. The molecule has 3 aromatic carbocycles. The summed E-state index contributed by atoms with van der Waals surface area (Å²) >= 11 is 0. The molecule has 0 radical (unpaired) electrons. The molecule has 1 atom stereocenters. The predicted molar refractivity (Wildman–Crippen MR) is 142 cm³/mol. The maximum Gasteiger partial charge on any atom is 0.243 e. The fraction of sp³-hybridized carbons (Fsp3) is 0.333. The molecule has 7 heteroatoms. The predicted octanol–water partition coefficient (Wildman–Crippen LogP) is 4.80. The summed E-state index contributed by atoms with van der Waals surface area (Å²) in [7, 11) is 3.17. The van der Waals surface area contributed by atoms with Crippen LogP contribution in [0.2, 0.25) is 0 Å². The molecule has 1 N–H and O–H groups in total. The van der Waals surface area contributed by atoms with Gasteiger partial charge in [0, 0.05) is 25.4 Å². The molecule has 37 heavy (non-hydrogen) atoms. The van der Waals surface area contributed by atoms with E-state index in [1.807, 2.05) is 62.4 Å². The summed E-state index contributed by atoms with van der Waals surface area (Å²) in [6.45, 7) is 4.22. The number of methoxy groups -OCH3 is 2. The van der Waals surface area contributed by atoms with Crippen LogP contribution in [-0.4, -0.2) is 43.5 Å². The SMILES string of the molecule is COc1ccc(CCNC(=O)C(Cc2ccccc2)N(Cc2ccc(F)cc2)C(=O)C(C)C)cc1OC. The first-order valence-electron chi connectivity index (χ1n) is 12.4. The van der Waals surface area contributed by atoms with E-state index in [2.05, 4.69) is 5.32 Å². The molecule has 0 aliphatic carbocycles. The van der Waals surface area contributed by atoms with Gasteiger partial charge in [0.05, 0.1) is 14.2 Å². The van der Waals surface area contributed by atoms with Crippen LogP contribution in [-0.2, 0) is 29.0 Å². The molecule has 2 amide bonds. The van der Waals surface area contributed by atoms with Gasteiger partial charge in [-0.25, -0.2) is 4.39 Å². The normalized spacial score (nSPS) is 11.6. The lowest BCUT2D eigenvalue weighted by Gasteiger charge is -2.33. The summed E-state index contributed by atoms with van der Waals surface area (Å²) in [6.07, 6.45) is 0.947. The van der Waals surface area contributed by atoms with E-state index in [4.69, 9.17) is 9.47 Å². The van der Waals surface area contributed by atoms with E-state index in [0.717, 1.165) is 16.7 Å². The summed E-state index contributed by atoms with van der Waals surface area (Å²) in [4.78, 5) is 28.5. The third kappa shape index (κ3) is 7.81. The van der Waals surface area contributed by atoms with Crippen LogP contribution < -0.4 is 14.8 Å². The maximum absolute atomic E-state index is 13.6. The van der Waals surface area contributed by atoms with Crippen LogP contribution in [0.1, 0.15) is 30.5 Å². The van der Waals surface area contributed by atoms with Crippen molar-refractivity contribution in [2.24, 2.45) is 5.92 Å². The van der Waals surface area contributed by atoms with E-state index in [1.54, 1.807) is 31.3 Å². The number of nitrogens with one attached hydrogen (secondary N) is 1. The zero-order chi connectivity index (χ0) is 26.8. The molecule has 1 unspecified atom stereocenters. The highest BCUT2D eigenvalue weighted by atomic mass is 19.1. The van der Waals surface area contributed by atoms with E-state index in [0.29, 0.717) is 30.9 Å². The highest BCUT2D eigenvalue weighted by molar-refractivity contribution is 5.88. The number of amides is 2. The van der Waals surface area contributed by atoms with Crippen LogP contribution in [0.5, 0.6) is 11.5 Å². The van der Waals surface area contributed by atoms with Gasteiger partial charge in [0.15, 0.2) is 11.5 Å². The summed E-state index contributed by atoms with van der Waals surface area (Å²) in [5.41, 5.74) is 2.69. The number of rotatable bonds is 12. The van der Waals surface area contributed by atoms with Crippen LogP contribution >= 0.6 is 0 Å². The topological polar surface area (TPSA) is 67.9 Å². The molecule has 0 aliphatic heterocycles.